The van der Waals surface area contributed by atoms with E-state index in [0.717, 1.165) is 12.0 Å². The van der Waals surface area contributed by atoms with E-state index in [4.69, 9.17) is 0 Å². The SMILES string of the molecule is C/C=C\C(=C/CC)CN1CCN(C(C)C)C(=O)C1=O. The van der Waals surface area contributed by atoms with E-state index in [0.29, 0.717) is 19.6 Å². The van der Waals surface area contributed by atoms with Crippen molar-refractivity contribution in [1.82, 2.24) is 9.80 Å². The molecule has 0 N–H and O–H groups in total. The highest BCUT2D eigenvalue weighted by molar-refractivity contribution is 6.35. The lowest BCUT2D eigenvalue weighted by atomic mass is 10.1. The zero-order chi connectivity index (χ0) is 14.4. The van der Waals surface area contributed by atoms with Crippen LogP contribution in [0.3, 0.4) is 0 Å². The number of nitrogens with zero attached hydrogens (tertiary/aromatic N) is 2. The quantitative estimate of drug-likeness (QED) is 0.563. The molecule has 0 bridgehead atoms. The Morgan fingerprint density at radius 2 is 1.95 bits per heavy atom. The van der Waals surface area contributed by atoms with E-state index >= 15 is 0 Å². The van der Waals surface area contributed by atoms with E-state index in [1.807, 2.05) is 32.9 Å². The van der Waals surface area contributed by atoms with Gasteiger partial charge in [-0.05, 0) is 32.8 Å². The first kappa shape index (κ1) is 15.5. The summed E-state index contributed by atoms with van der Waals surface area (Å²) in [7, 11) is 0. The maximum Gasteiger partial charge on any atom is 0.312 e. The molecule has 0 aromatic rings. The zero-order valence-corrected chi connectivity index (χ0v) is 12.3. The van der Waals surface area contributed by atoms with Gasteiger partial charge < -0.3 is 9.80 Å². The van der Waals surface area contributed by atoms with Crippen molar-refractivity contribution in [1.29, 1.82) is 0 Å². The molecule has 0 aliphatic carbocycles. The lowest BCUT2D eigenvalue weighted by Gasteiger charge is -2.36. The standard InChI is InChI=1S/C15H24N2O2/c1-5-7-13(8-6-2)11-16-9-10-17(12(3)4)15(19)14(16)18/h5,7-8,12H,6,9-11H2,1-4H3/b7-5-,13-8+. The summed E-state index contributed by atoms with van der Waals surface area (Å²) < 4.78 is 0. The van der Waals surface area contributed by atoms with Crippen molar-refractivity contribution in [2.45, 2.75) is 40.2 Å². The minimum Gasteiger partial charge on any atom is -0.330 e. The third-order valence-electron chi connectivity index (χ3n) is 3.19. The summed E-state index contributed by atoms with van der Waals surface area (Å²) in [5, 5.41) is 0. The van der Waals surface area contributed by atoms with Crippen molar-refractivity contribution in [2.24, 2.45) is 0 Å². The van der Waals surface area contributed by atoms with E-state index < -0.39 is 0 Å². The smallest absolute Gasteiger partial charge is 0.312 e. The van der Waals surface area contributed by atoms with Crippen molar-refractivity contribution >= 4 is 11.8 Å². The van der Waals surface area contributed by atoms with Gasteiger partial charge in [0, 0.05) is 25.7 Å². The molecule has 1 aliphatic heterocycles. The average Bonchev–Trinajstić information content (AvgIpc) is 2.35. The van der Waals surface area contributed by atoms with Crippen LogP contribution in [0.2, 0.25) is 0 Å². The molecule has 0 aromatic carbocycles. The molecule has 1 saturated heterocycles. The molecule has 0 spiro atoms. The fourth-order valence-corrected chi connectivity index (χ4v) is 2.22. The number of carbonyl (C=O) groups is 2. The summed E-state index contributed by atoms with van der Waals surface area (Å²) in [5.41, 5.74) is 1.09. The number of amides is 2. The largest absolute Gasteiger partial charge is 0.330 e. The number of allylic oxidation sites excluding steroid dienone is 2. The number of carbonyl (C=O) groups excluding carboxylic acids is 2. The lowest BCUT2D eigenvalue weighted by Crippen LogP contribution is -2.56. The lowest BCUT2D eigenvalue weighted by molar-refractivity contribution is -0.156. The van der Waals surface area contributed by atoms with Gasteiger partial charge in [-0.3, -0.25) is 9.59 Å². The van der Waals surface area contributed by atoms with E-state index in [1.54, 1.807) is 9.80 Å². The average molecular weight is 264 g/mol. The molecule has 0 aromatic heterocycles. The highest BCUT2D eigenvalue weighted by Crippen LogP contribution is 2.12. The fourth-order valence-electron chi connectivity index (χ4n) is 2.22. The highest BCUT2D eigenvalue weighted by atomic mass is 16.2. The summed E-state index contributed by atoms with van der Waals surface area (Å²) in [6.45, 7) is 9.64. The highest BCUT2D eigenvalue weighted by Gasteiger charge is 2.33. The molecule has 19 heavy (non-hydrogen) atoms. The van der Waals surface area contributed by atoms with Gasteiger partial charge in [-0.25, -0.2) is 0 Å². The summed E-state index contributed by atoms with van der Waals surface area (Å²) in [4.78, 5) is 27.3. The first-order chi connectivity index (χ1) is 9.01. The van der Waals surface area contributed by atoms with Gasteiger partial charge in [-0.1, -0.05) is 25.2 Å². The van der Waals surface area contributed by atoms with Gasteiger partial charge in [0.1, 0.15) is 0 Å². The number of piperazine rings is 1. The molecule has 106 valence electrons. The van der Waals surface area contributed by atoms with Gasteiger partial charge in [-0.2, -0.15) is 0 Å². The van der Waals surface area contributed by atoms with E-state index in [-0.39, 0.29) is 17.9 Å². The van der Waals surface area contributed by atoms with Crippen molar-refractivity contribution in [3.8, 4) is 0 Å². The summed E-state index contributed by atoms with van der Waals surface area (Å²) in [6, 6.07) is 0.0831. The molecular formula is C15H24N2O2. The van der Waals surface area contributed by atoms with Crippen LogP contribution < -0.4 is 0 Å². The van der Waals surface area contributed by atoms with Crippen LogP contribution in [0.1, 0.15) is 34.1 Å². The van der Waals surface area contributed by atoms with Crippen molar-refractivity contribution in [3.05, 3.63) is 23.8 Å². The van der Waals surface area contributed by atoms with Gasteiger partial charge in [0.05, 0.1) is 0 Å². The van der Waals surface area contributed by atoms with E-state index in [1.165, 1.54) is 0 Å². The van der Waals surface area contributed by atoms with E-state index in [2.05, 4.69) is 13.0 Å². The Kier molecular flexibility index (Phi) is 5.80. The Morgan fingerprint density at radius 3 is 2.47 bits per heavy atom. The number of rotatable bonds is 5. The predicted molar refractivity (Wildman–Crippen MR) is 76.6 cm³/mol. The fraction of sp³-hybridized carbons (Fsp3) is 0.600. The topological polar surface area (TPSA) is 40.6 Å². The second-order valence-corrected chi connectivity index (χ2v) is 5.01. The molecule has 0 saturated carbocycles. The van der Waals surface area contributed by atoms with Crippen LogP contribution in [-0.4, -0.2) is 47.3 Å². The molecule has 1 fully saturated rings. The molecule has 2 amide bonds. The summed E-state index contributed by atoms with van der Waals surface area (Å²) in [6.07, 6.45) is 6.97. The van der Waals surface area contributed by atoms with Crippen molar-refractivity contribution in [3.63, 3.8) is 0 Å². The second-order valence-electron chi connectivity index (χ2n) is 5.01. The van der Waals surface area contributed by atoms with Gasteiger partial charge in [0.15, 0.2) is 0 Å². The maximum atomic E-state index is 12.1. The third kappa shape index (κ3) is 3.94. The third-order valence-corrected chi connectivity index (χ3v) is 3.19. The van der Waals surface area contributed by atoms with Gasteiger partial charge >= 0.3 is 11.8 Å². The van der Waals surface area contributed by atoms with Crippen LogP contribution in [0.5, 0.6) is 0 Å². The van der Waals surface area contributed by atoms with Crippen LogP contribution in [0, 0.1) is 0 Å². The second kappa shape index (κ2) is 7.12. The monoisotopic (exact) mass is 264 g/mol. The van der Waals surface area contributed by atoms with Crippen LogP contribution >= 0.6 is 0 Å². The summed E-state index contributed by atoms with van der Waals surface area (Å²) >= 11 is 0. The maximum absolute atomic E-state index is 12.1. The van der Waals surface area contributed by atoms with Crippen LogP contribution in [0.4, 0.5) is 0 Å². The van der Waals surface area contributed by atoms with Crippen LogP contribution in [-0.2, 0) is 9.59 Å². The van der Waals surface area contributed by atoms with Crippen LogP contribution in [0.25, 0.3) is 0 Å². The van der Waals surface area contributed by atoms with Crippen LogP contribution in [0.15, 0.2) is 23.8 Å². The molecule has 1 aliphatic rings. The van der Waals surface area contributed by atoms with Gasteiger partial charge in [0.2, 0.25) is 0 Å². The van der Waals surface area contributed by atoms with Gasteiger partial charge in [-0.15, -0.1) is 0 Å². The molecule has 4 heteroatoms. The normalized spacial score (nSPS) is 18.1. The zero-order valence-electron chi connectivity index (χ0n) is 12.3. The summed E-state index contributed by atoms with van der Waals surface area (Å²) in [5.74, 6) is -0.760. The Hall–Kier alpha value is -1.58. The molecule has 0 unspecified atom stereocenters. The molecule has 4 nitrogen and oxygen atoms in total. The first-order valence-electron chi connectivity index (χ1n) is 6.92. The Bertz CT molecular complexity index is 397. The van der Waals surface area contributed by atoms with Crippen molar-refractivity contribution < 1.29 is 9.59 Å². The van der Waals surface area contributed by atoms with E-state index in [9.17, 15) is 9.59 Å². The number of hydrogen-bond donors (Lipinski definition) is 0. The molecule has 0 radical (unpaired) electrons. The predicted octanol–water partition coefficient (Wildman–Crippen LogP) is 1.98. The number of hydrogen-bond acceptors (Lipinski definition) is 2. The minimum absolute atomic E-state index is 0.0831. The molecule has 1 heterocycles. The first-order valence-corrected chi connectivity index (χ1v) is 6.92. The molecule has 1 rings (SSSR count). The van der Waals surface area contributed by atoms with Crippen molar-refractivity contribution in [2.75, 3.05) is 19.6 Å². The minimum atomic E-state index is -0.383. The molecule has 0 atom stereocenters. The Labute approximate surface area is 115 Å². The molecular weight excluding hydrogens is 240 g/mol. The Morgan fingerprint density at radius 1 is 1.26 bits per heavy atom. The van der Waals surface area contributed by atoms with Gasteiger partial charge in [0.25, 0.3) is 0 Å². The Balaban J connectivity index is 2.74.